The molecule has 182 valence electrons. The highest BCUT2D eigenvalue weighted by molar-refractivity contribution is 8.00. The van der Waals surface area contributed by atoms with Crippen LogP contribution in [0.2, 0.25) is 10.0 Å². The van der Waals surface area contributed by atoms with E-state index in [2.05, 4.69) is 21.5 Å². The molecule has 0 saturated carbocycles. The summed E-state index contributed by atoms with van der Waals surface area (Å²) in [5, 5.41) is 2.80. The number of halogens is 3. The molecule has 0 atom stereocenters. The van der Waals surface area contributed by atoms with Crippen molar-refractivity contribution in [3.63, 3.8) is 0 Å². The molecule has 1 fully saturated rings. The van der Waals surface area contributed by atoms with Gasteiger partial charge in [-0.25, -0.2) is 9.37 Å². The van der Waals surface area contributed by atoms with Gasteiger partial charge in [0.2, 0.25) is 0 Å². The van der Waals surface area contributed by atoms with Gasteiger partial charge in [0.05, 0.1) is 15.4 Å². The van der Waals surface area contributed by atoms with Gasteiger partial charge in [-0.3, -0.25) is 0 Å². The zero-order valence-corrected chi connectivity index (χ0v) is 22.0. The fourth-order valence-electron chi connectivity index (χ4n) is 3.78. The second kappa shape index (κ2) is 11.5. The van der Waals surface area contributed by atoms with Crippen molar-refractivity contribution < 1.29 is 9.13 Å². The van der Waals surface area contributed by atoms with Crippen LogP contribution in [0.5, 0.6) is 11.5 Å². The minimum Gasteiger partial charge on any atom is -0.455 e. The number of nitrogens with one attached hydrogen (secondary N) is 1. The third-order valence-corrected chi connectivity index (χ3v) is 7.81. The maximum Gasteiger partial charge on any atom is 0.149 e. The summed E-state index contributed by atoms with van der Waals surface area (Å²) in [6, 6.07) is 8.32. The molecule has 0 unspecified atom stereocenters. The van der Waals surface area contributed by atoms with E-state index < -0.39 is 5.82 Å². The molecule has 0 bridgehead atoms. The number of ether oxygens (including phenoxy) is 1. The Kier molecular flexibility index (Phi) is 8.61. The third-order valence-electron chi connectivity index (χ3n) is 5.85. The fourth-order valence-corrected chi connectivity index (χ4v) is 5.46. The van der Waals surface area contributed by atoms with Crippen LogP contribution in [0.1, 0.15) is 31.7 Å². The van der Waals surface area contributed by atoms with Gasteiger partial charge in [-0.1, -0.05) is 23.2 Å². The van der Waals surface area contributed by atoms with Crippen molar-refractivity contribution in [1.29, 1.82) is 0 Å². The number of thiazole rings is 1. The topological polar surface area (TPSA) is 63.4 Å². The molecule has 1 aliphatic heterocycles. The summed E-state index contributed by atoms with van der Waals surface area (Å²) in [4.78, 5) is 6.93. The molecule has 0 spiro atoms. The summed E-state index contributed by atoms with van der Waals surface area (Å²) in [6.45, 7) is 5.14. The van der Waals surface area contributed by atoms with Gasteiger partial charge < -0.3 is 20.1 Å². The normalized spacial score (nSPS) is 15.9. The number of nitrogens with two attached hydrogens (primary N) is 1. The van der Waals surface area contributed by atoms with Crippen LogP contribution in [0, 0.1) is 5.82 Å². The predicted molar refractivity (Wildman–Crippen MR) is 141 cm³/mol. The summed E-state index contributed by atoms with van der Waals surface area (Å²) in [7, 11) is 0. The minimum absolute atomic E-state index is 0.0517. The minimum atomic E-state index is -0.431. The number of anilines is 1. The van der Waals surface area contributed by atoms with Crippen LogP contribution in [-0.2, 0) is 6.42 Å². The summed E-state index contributed by atoms with van der Waals surface area (Å²) < 4.78 is 23.8. The first-order chi connectivity index (χ1) is 16.3. The van der Waals surface area contributed by atoms with Crippen molar-refractivity contribution in [2.24, 2.45) is 5.73 Å². The summed E-state index contributed by atoms with van der Waals surface area (Å²) in [5.41, 5.74) is 8.86. The molecular weight excluding hydrogens is 514 g/mol. The van der Waals surface area contributed by atoms with Gasteiger partial charge in [0.25, 0.3) is 0 Å². The Bertz CT molecular complexity index is 1100. The number of benzene rings is 2. The highest BCUT2D eigenvalue weighted by atomic mass is 35.5. The molecule has 5 nitrogen and oxygen atoms in total. The molecule has 0 amide bonds. The van der Waals surface area contributed by atoms with Crippen molar-refractivity contribution in [3.05, 3.63) is 62.6 Å². The number of hydrogen-bond donors (Lipinski definition) is 2. The van der Waals surface area contributed by atoms with E-state index in [-0.39, 0.29) is 11.3 Å². The van der Waals surface area contributed by atoms with Crippen LogP contribution in [0.25, 0.3) is 0 Å². The van der Waals surface area contributed by atoms with E-state index in [1.54, 1.807) is 23.7 Å². The van der Waals surface area contributed by atoms with E-state index in [0.29, 0.717) is 26.5 Å². The number of aromatic nitrogens is 1. The first-order valence-electron chi connectivity index (χ1n) is 11.1. The van der Waals surface area contributed by atoms with Gasteiger partial charge in [-0.2, -0.15) is 0 Å². The quantitative estimate of drug-likeness (QED) is 0.278. The Morgan fingerprint density at radius 1 is 1.24 bits per heavy atom. The lowest BCUT2D eigenvalue weighted by Crippen LogP contribution is -2.48. The predicted octanol–water partition coefficient (Wildman–Crippen LogP) is 7.25. The van der Waals surface area contributed by atoms with Gasteiger partial charge in [-0.05, 0) is 94.0 Å². The molecule has 1 aliphatic rings. The number of piperidine rings is 1. The number of likely N-dealkylation sites (tertiary alicyclic amines) is 1. The van der Waals surface area contributed by atoms with E-state index in [9.17, 15) is 4.39 Å². The molecule has 0 radical (unpaired) electrons. The second-order valence-corrected chi connectivity index (χ2v) is 11.2. The Labute approximate surface area is 217 Å². The molecule has 34 heavy (non-hydrogen) atoms. The van der Waals surface area contributed by atoms with E-state index in [1.165, 1.54) is 17.4 Å². The average Bonchev–Trinajstić information content (AvgIpc) is 3.31. The highest BCUT2D eigenvalue weighted by Crippen LogP contribution is 2.37. The van der Waals surface area contributed by atoms with Crippen LogP contribution < -0.4 is 15.2 Å². The van der Waals surface area contributed by atoms with E-state index in [4.69, 9.17) is 33.7 Å². The average molecular weight is 542 g/mol. The molecule has 2 aromatic carbocycles. The maximum absolute atomic E-state index is 14.7. The van der Waals surface area contributed by atoms with Crippen molar-refractivity contribution in [2.75, 3.05) is 24.4 Å². The van der Waals surface area contributed by atoms with Crippen LogP contribution in [-0.4, -0.2) is 35.1 Å². The Hall–Kier alpha value is -1.55. The Morgan fingerprint density at radius 2 is 2.03 bits per heavy atom. The monoisotopic (exact) mass is 540 g/mol. The third kappa shape index (κ3) is 6.99. The smallest absolute Gasteiger partial charge is 0.149 e. The lowest BCUT2D eigenvalue weighted by Gasteiger charge is -2.36. The van der Waals surface area contributed by atoms with Gasteiger partial charge in [-0.15, -0.1) is 11.3 Å². The molecule has 1 saturated heterocycles. The Balaban J connectivity index is 1.39. The van der Waals surface area contributed by atoms with Gasteiger partial charge in [0.15, 0.2) is 0 Å². The zero-order chi connectivity index (χ0) is 24.1. The summed E-state index contributed by atoms with van der Waals surface area (Å²) in [6.07, 6.45) is 3.77. The van der Waals surface area contributed by atoms with E-state index in [0.717, 1.165) is 62.8 Å². The van der Waals surface area contributed by atoms with Crippen molar-refractivity contribution in [1.82, 2.24) is 9.88 Å². The summed E-state index contributed by atoms with van der Waals surface area (Å²) >= 11 is 15.3. The zero-order valence-electron chi connectivity index (χ0n) is 18.8. The van der Waals surface area contributed by atoms with Gasteiger partial charge in [0.1, 0.15) is 23.1 Å². The molecule has 1 aromatic heterocycles. The lowest BCUT2D eigenvalue weighted by atomic mass is 9.91. The van der Waals surface area contributed by atoms with Crippen LogP contribution in [0.3, 0.4) is 0 Å². The van der Waals surface area contributed by atoms with Crippen LogP contribution in [0.15, 0.2) is 46.1 Å². The highest BCUT2D eigenvalue weighted by Gasteiger charge is 2.25. The number of nitrogens with zero attached hydrogens (tertiary/aromatic N) is 2. The molecule has 0 aliphatic carbocycles. The van der Waals surface area contributed by atoms with Gasteiger partial charge >= 0.3 is 0 Å². The standard InChI is InChI=1S/C24H27Cl2FN4OS2/c1-24(28)6-9-31(10-7-24)8-2-3-16-11-17(25)4-5-20(16)32-21-13-19(27)22(12-18(21)26)34-30-23-14-33-15-29-23/h4-5,11-15,30H,2-3,6-10,28H2,1H3. The van der Waals surface area contributed by atoms with Crippen molar-refractivity contribution >= 4 is 52.3 Å². The fraction of sp³-hybridized carbons (Fsp3) is 0.375. The molecule has 3 aromatic rings. The molecule has 10 heteroatoms. The lowest BCUT2D eigenvalue weighted by molar-refractivity contribution is 0.170. The molecule has 4 rings (SSSR count). The largest absolute Gasteiger partial charge is 0.455 e. The number of rotatable bonds is 9. The number of hydrogen-bond acceptors (Lipinski definition) is 7. The maximum atomic E-state index is 14.7. The van der Waals surface area contributed by atoms with Crippen molar-refractivity contribution in [3.8, 4) is 11.5 Å². The number of aryl methyl sites for hydroxylation is 1. The Morgan fingerprint density at radius 3 is 2.76 bits per heavy atom. The van der Waals surface area contributed by atoms with Crippen LogP contribution >= 0.6 is 46.5 Å². The SMILES string of the molecule is CC1(N)CCN(CCCc2cc(Cl)ccc2Oc2cc(F)c(SNc3cscn3)cc2Cl)CC1. The van der Waals surface area contributed by atoms with E-state index >= 15 is 0 Å². The second-order valence-electron chi connectivity index (χ2n) is 8.74. The molecular formula is C24H27Cl2FN4OS2. The first kappa shape index (κ1) is 25.5. The summed E-state index contributed by atoms with van der Waals surface area (Å²) in [5.74, 6) is 1.12. The van der Waals surface area contributed by atoms with Crippen LogP contribution in [0.4, 0.5) is 10.2 Å². The van der Waals surface area contributed by atoms with Gasteiger partial charge in [0, 0.05) is 22.0 Å². The van der Waals surface area contributed by atoms with Crippen molar-refractivity contribution in [2.45, 2.75) is 43.0 Å². The van der Waals surface area contributed by atoms with E-state index in [1.807, 2.05) is 11.4 Å². The first-order valence-corrected chi connectivity index (χ1v) is 13.6. The molecule has 3 N–H and O–H groups in total. The molecule has 2 heterocycles.